The zero-order valence-electron chi connectivity index (χ0n) is 10.6. The van der Waals surface area contributed by atoms with Crippen molar-refractivity contribution in [3.05, 3.63) is 51.5 Å². The number of hydrogen-bond donors (Lipinski definition) is 2. The third-order valence-electron chi connectivity index (χ3n) is 2.67. The Labute approximate surface area is 130 Å². The molecule has 3 N–H and O–H groups in total. The highest BCUT2D eigenvalue weighted by atomic mass is 79.9. The summed E-state index contributed by atoms with van der Waals surface area (Å²) in [6.07, 6.45) is 0. The zero-order valence-corrected chi connectivity index (χ0v) is 13.0. The summed E-state index contributed by atoms with van der Waals surface area (Å²) in [6.45, 7) is 0. The van der Waals surface area contributed by atoms with Crippen molar-refractivity contribution in [1.29, 1.82) is 0 Å². The van der Waals surface area contributed by atoms with Gasteiger partial charge in [0.25, 0.3) is 5.91 Å². The molecule has 0 saturated carbocycles. The monoisotopic (exact) mass is 354 g/mol. The number of carbonyl (C=O) groups is 1. The molecule has 104 valence electrons. The van der Waals surface area contributed by atoms with E-state index in [1.807, 2.05) is 0 Å². The molecule has 20 heavy (non-hydrogen) atoms. The van der Waals surface area contributed by atoms with Crippen LogP contribution in [0.15, 0.2) is 40.9 Å². The minimum atomic E-state index is -0.258. The summed E-state index contributed by atoms with van der Waals surface area (Å²) in [5, 5.41) is 3.37. The molecule has 0 atom stereocenters. The number of halogens is 2. The van der Waals surface area contributed by atoms with E-state index in [1.165, 1.54) is 7.11 Å². The summed E-state index contributed by atoms with van der Waals surface area (Å²) in [7, 11) is 1.50. The first-order valence-corrected chi connectivity index (χ1v) is 6.88. The van der Waals surface area contributed by atoms with Crippen molar-refractivity contribution in [1.82, 2.24) is 0 Å². The van der Waals surface area contributed by atoms with Crippen molar-refractivity contribution in [2.75, 3.05) is 18.2 Å². The lowest BCUT2D eigenvalue weighted by Crippen LogP contribution is -2.12. The molecule has 2 aromatic rings. The fourth-order valence-corrected chi connectivity index (χ4v) is 2.42. The molecule has 0 radical (unpaired) electrons. The van der Waals surface area contributed by atoms with E-state index in [-0.39, 0.29) is 5.91 Å². The standard InChI is InChI=1S/C14H12BrClN2O2/c1-20-13-6-8(2-4-11(13)17)14(19)18-12-5-3-9(16)7-10(12)15/h2-7H,17H2,1H3,(H,18,19). The number of amides is 1. The summed E-state index contributed by atoms with van der Waals surface area (Å²) in [6, 6.07) is 9.99. The first kappa shape index (κ1) is 14.7. The van der Waals surface area contributed by atoms with Gasteiger partial charge in [0.15, 0.2) is 0 Å². The highest BCUT2D eigenvalue weighted by Gasteiger charge is 2.11. The van der Waals surface area contributed by atoms with Gasteiger partial charge in [-0.05, 0) is 52.3 Å². The zero-order chi connectivity index (χ0) is 14.7. The van der Waals surface area contributed by atoms with Crippen molar-refractivity contribution >= 4 is 44.8 Å². The second-order valence-electron chi connectivity index (χ2n) is 4.04. The summed E-state index contributed by atoms with van der Waals surface area (Å²) in [5.74, 6) is 0.208. The Morgan fingerprint density at radius 1 is 1.30 bits per heavy atom. The molecule has 0 saturated heterocycles. The van der Waals surface area contributed by atoms with Crippen LogP contribution in [-0.2, 0) is 0 Å². The van der Waals surface area contributed by atoms with E-state index in [0.717, 1.165) is 0 Å². The van der Waals surface area contributed by atoms with Crippen molar-refractivity contribution in [2.45, 2.75) is 0 Å². The molecule has 1 amide bonds. The van der Waals surface area contributed by atoms with Crippen molar-refractivity contribution in [3.63, 3.8) is 0 Å². The number of rotatable bonds is 3. The van der Waals surface area contributed by atoms with Crippen LogP contribution in [0.5, 0.6) is 5.75 Å². The van der Waals surface area contributed by atoms with Crippen LogP contribution in [0.2, 0.25) is 5.02 Å². The van der Waals surface area contributed by atoms with Gasteiger partial charge in [-0.1, -0.05) is 11.6 Å². The first-order chi connectivity index (χ1) is 9.51. The van der Waals surface area contributed by atoms with Crippen LogP contribution in [0.25, 0.3) is 0 Å². The number of nitrogens with one attached hydrogen (secondary N) is 1. The van der Waals surface area contributed by atoms with Crippen molar-refractivity contribution in [2.24, 2.45) is 0 Å². The third kappa shape index (κ3) is 3.23. The molecule has 0 bridgehead atoms. The van der Waals surface area contributed by atoms with Gasteiger partial charge in [-0.15, -0.1) is 0 Å². The average molecular weight is 356 g/mol. The topological polar surface area (TPSA) is 64.3 Å². The van der Waals surface area contributed by atoms with Crippen LogP contribution in [-0.4, -0.2) is 13.0 Å². The van der Waals surface area contributed by atoms with Gasteiger partial charge in [-0.3, -0.25) is 4.79 Å². The van der Waals surface area contributed by atoms with E-state index in [2.05, 4.69) is 21.2 Å². The van der Waals surface area contributed by atoms with Gasteiger partial charge in [0, 0.05) is 15.1 Å². The van der Waals surface area contributed by atoms with Gasteiger partial charge in [0.05, 0.1) is 18.5 Å². The highest BCUT2D eigenvalue weighted by molar-refractivity contribution is 9.10. The summed E-state index contributed by atoms with van der Waals surface area (Å²) < 4.78 is 5.80. The van der Waals surface area contributed by atoms with Gasteiger partial charge >= 0.3 is 0 Å². The van der Waals surface area contributed by atoms with Crippen LogP contribution in [0, 0.1) is 0 Å². The van der Waals surface area contributed by atoms with Crippen LogP contribution < -0.4 is 15.8 Å². The molecule has 6 heteroatoms. The van der Waals surface area contributed by atoms with Crippen molar-refractivity contribution < 1.29 is 9.53 Å². The lowest BCUT2D eigenvalue weighted by Gasteiger charge is -2.10. The molecule has 0 aliphatic heterocycles. The molecule has 0 aliphatic rings. The fraction of sp³-hybridized carbons (Fsp3) is 0.0714. The molecule has 0 aromatic heterocycles. The maximum Gasteiger partial charge on any atom is 0.255 e. The molecular weight excluding hydrogens is 344 g/mol. The Balaban J connectivity index is 2.24. The normalized spacial score (nSPS) is 10.2. The maximum atomic E-state index is 12.2. The first-order valence-electron chi connectivity index (χ1n) is 5.71. The molecule has 2 aromatic carbocycles. The SMILES string of the molecule is COc1cc(C(=O)Nc2ccc(Cl)cc2Br)ccc1N. The molecule has 0 fully saturated rings. The van der Waals surface area contributed by atoms with Gasteiger partial charge in [0.1, 0.15) is 5.75 Å². The molecule has 0 spiro atoms. The van der Waals surface area contributed by atoms with E-state index in [0.29, 0.717) is 32.2 Å². The van der Waals surface area contributed by atoms with Crippen LogP contribution in [0.1, 0.15) is 10.4 Å². The number of methoxy groups -OCH3 is 1. The summed E-state index contributed by atoms with van der Waals surface area (Å²) >= 11 is 9.20. The van der Waals surface area contributed by atoms with Crippen molar-refractivity contribution in [3.8, 4) is 5.75 Å². The molecule has 0 heterocycles. The number of nitrogen functional groups attached to an aromatic ring is 1. The summed E-state index contributed by atoms with van der Waals surface area (Å²) in [4.78, 5) is 12.2. The number of anilines is 2. The number of hydrogen-bond acceptors (Lipinski definition) is 3. The number of nitrogens with two attached hydrogens (primary N) is 1. The van der Waals surface area contributed by atoms with Gasteiger partial charge in [-0.2, -0.15) is 0 Å². The van der Waals surface area contributed by atoms with Gasteiger partial charge in [-0.25, -0.2) is 0 Å². The van der Waals surface area contributed by atoms with E-state index in [1.54, 1.807) is 36.4 Å². The minimum Gasteiger partial charge on any atom is -0.495 e. The van der Waals surface area contributed by atoms with E-state index >= 15 is 0 Å². The fourth-order valence-electron chi connectivity index (χ4n) is 1.64. The Bertz CT molecular complexity index is 662. The second-order valence-corrected chi connectivity index (χ2v) is 5.33. The predicted molar refractivity (Wildman–Crippen MR) is 84.5 cm³/mol. The average Bonchev–Trinajstić information content (AvgIpc) is 2.42. The Kier molecular flexibility index (Phi) is 4.52. The summed E-state index contributed by atoms with van der Waals surface area (Å²) in [5.41, 5.74) is 7.29. The predicted octanol–water partition coefficient (Wildman–Crippen LogP) is 3.95. The number of benzene rings is 2. The van der Waals surface area contributed by atoms with Gasteiger partial charge in [0.2, 0.25) is 0 Å². The quantitative estimate of drug-likeness (QED) is 0.820. The van der Waals surface area contributed by atoms with Crippen LogP contribution in [0.3, 0.4) is 0 Å². The van der Waals surface area contributed by atoms with E-state index in [9.17, 15) is 4.79 Å². The molecule has 4 nitrogen and oxygen atoms in total. The van der Waals surface area contributed by atoms with E-state index < -0.39 is 0 Å². The Morgan fingerprint density at radius 2 is 2.05 bits per heavy atom. The molecule has 0 aliphatic carbocycles. The van der Waals surface area contributed by atoms with Crippen LogP contribution >= 0.6 is 27.5 Å². The lowest BCUT2D eigenvalue weighted by atomic mass is 10.1. The van der Waals surface area contributed by atoms with Gasteiger partial charge < -0.3 is 15.8 Å². The van der Waals surface area contributed by atoms with Crippen LogP contribution in [0.4, 0.5) is 11.4 Å². The highest BCUT2D eigenvalue weighted by Crippen LogP contribution is 2.27. The Hall–Kier alpha value is -1.72. The smallest absolute Gasteiger partial charge is 0.255 e. The minimum absolute atomic E-state index is 0.258. The molecule has 2 rings (SSSR count). The Morgan fingerprint density at radius 3 is 2.70 bits per heavy atom. The maximum absolute atomic E-state index is 12.2. The second kappa shape index (κ2) is 6.15. The van der Waals surface area contributed by atoms with E-state index in [4.69, 9.17) is 22.1 Å². The third-order valence-corrected chi connectivity index (χ3v) is 3.57. The lowest BCUT2D eigenvalue weighted by molar-refractivity contribution is 0.102. The number of carbonyl (C=O) groups excluding carboxylic acids is 1. The molecule has 0 unspecified atom stereocenters. The number of ether oxygens (including phenoxy) is 1. The molecular formula is C14H12BrClN2O2. The largest absolute Gasteiger partial charge is 0.495 e.